The van der Waals surface area contributed by atoms with Crippen LogP contribution in [-0.4, -0.2) is 5.91 Å². The lowest BCUT2D eigenvalue weighted by molar-refractivity contribution is -0.121. The van der Waals surface area contributed by atoms with Crippen molar-refractivity contribution in [2.75, 3.05) is 0 Å². The molecule has 104 valence electrons. The molecular weight excluding hydrogens is 270 g/mol. The normalized spacial score (nSPS) is 11.9. The molecule has 3 heteroatoms. The van der Waals surface area contributed by atoms with E-state index in [0.717, 1.165) is 17.5 Å². The lowest BCUT2D eigenvalue weighted by atomic mass is 10.1. The van der Waals surface area contributed by atoms with Crippen LogP contribution >= 0.6 is 11.6 Å². The highest BCUT2D eigenvalue weighted by molar-refractivity contribution is 6.30. The molecule has 2 aromatic rings. The SMILES string of the molecule is CCc1ccccc1CNC(=O)C(Cl)c1ccccc1. The van der Waals surface area contributed by atoms with E-state index in [9.17, 15) is 4.79 Å². The molecular formula is C17H18ClNO. The molecule has 0 aliphatic heterocycles. The molecule has 1 N–H and O–H groups in total. The zero-order chi connectivity index (χ0) is 14.4. The van der Waals surface area contributed by atoms with Gasteiger partial charge in [0.15, 0.2) is 0 Å². The summed E-state index contributed by atoms with van der Waals surface area (Å²) >= 11 is 6.18. The first kappa shape index (κ1) is 14.6. The second-order valence-electron chi connectivity index (χ2n) is 4.61. The smallest absolute Gasteiger partial charge is 0.242 e. The first-order valence-electron chi connectivity index (χ1n) is 6.76. The highest BCUT2D eigenvalue weighted by Gasteiger charge is 2.16. The van der Waals surface area contributed by atoms with Gasteiger partial charge in [-0.15, -0.1) is 11.6 Å². The summed E-state index contributed by atoms with van der Waals surface area (Å²) in [6, 6.07) is 17.5. The standard InChI is InChI=1S/C17H18ClNO/c1-2-13-8-6-7-11-15(13)12-19-17(20)16(18)14-9-4-3-5-10-14/h3-11,16H,2,12H2,1H3,(H,19,20). The number of benzene rings is 2. The lowest BCUT2D eigenvalue weighted by Crippen LogP contribution is -2.26. The minimum absolute atomic E-state index is 0.163. The predicted molar refractivity (Wildman–Crippen MR) is 82.7 cm³/mol. The number of hydrogen-bond acceptors (Lipinski definition) is 1. The molecule has 0 aliphatic rings. The van der Waals surface area contributed by atoms with Gasteiger partial charge in [-0.2, -0.15) is 0 Å². The molecule has 1 unspecified atom stereocenters. The third-order valence-electron chi connectivity index (χ3n) is 3.27. The largest absolute Gasteiger partial charge is 0.350 e. The van der Waals surface area contributed by atoms with Crippen molar-refractivity contribution in [1.29, 1.82) is 0 Å². The highest BCUT2D eigenvalue weighted by atomic mass is 35.5. The fourth-order valence-electron chi connectivity index (χ4n) is 2.12. The Morgan fingerprint density at radius 1 is 1.05 bits per heavy atom. The summed E-state index contributed by atoms with van der Waals surface area (Å²) < 4.78 is 0. The van der Waals surface area contributed by atoms with Gasteiger partial charge in [0.1, 0.15) is 5.38 Å². The summed E-state index contributed by atoms with van der Waals surface area (Å²) in [5, 5.41) is 2.25. The fourth-order valence-corrected chi connectivity index (χ4v) is 2.34. The first-order chi connectivity index (χ1) is 9.72. The number of hydrogen-bond donors (Lipinski definition) is 1. The van der Waals surface area contributed by atoms with Crippen LogP contribution in [0.4, 0.5) is 0 Å². The molecule has 2 rings (SSSR count). The van der Waals surface area contributed by atoms with Crippen molar-refractivity contribution in [3.63, 3.8) is 0 Å². The van der Waals surface area contributed by atoms with Gasteiger partial charge in [-0.25, -0.2) is 0 Å². The van der Waals surface area contributed by atoms with Crippen molar-refractivity contribution >= 4 is 17.5 Å². The minimum atomic E-state index is -0.648. The molecule has 0 saturated heterocycles. The molecule has 2 nitrogen and oxygen atoms in total. The Balaban J connectivity index is 1.99. The Kier molecular flexibility index (Phi) is 5.19. The van der Waals surface area contributed by atoms with Crippen LogP contribution in [0, 0.1) is 0 Å². The number of halogens is 1. The van der Waals surface area contributed by atoms with Crippen LogP contribution < -0.4 is 5.32 Å². The van der Waals surface area contributed by atoms with Crippen LogP contribution in [-0.2, 0) is 17.8 Å². The summed E-state index contributed by atoms with van der Waals surface area (Å²) in [6.45, 7) is 2.62. The zero-order valence-electron chi connectivity index (χ0n) is 11.5. The minimum Gasteiger partial charge on any atom is -0.350 e. The van der Waals surface area contributed by atoms with Crippen molar-refractivity contribution in [1.82, 2.24) is 5.32 Å². The molecule has 0 spiro atoms. The molecule has 2 aromatic carbocycles. The fraction of sp³-hybridized carbons (Fsp3) is 0.235. The van der Waals surface area contributed by atoms with Crippen LogP contribution in [0.5, 0.6) is 0 Å². The maximum atomic E-state index is 12.1. The second-order valence-corrected chi connectivity index (χ2v) is 5.05. The summed E-state index contributed by atoms with van der Waals surface area (Å²) in [7, 11) is 0. The number of carbonyl (C=O) groups is 1. The molecule has 0 bridgehead atoms. The van der Waals surface area contributed by atoms with Crippen LogP contribution in [0.1, 0.15) is 29.0 Å². The van der Waals surface area contributed by atoms with Crippen LogP contribution in [0.2, 0.25) is 0 Å². The number of amides is 1. The maximum Gasteiger partial charge on any atom is 0.242 e. The number of alkyl halides is 1. The second kappa shape index (κ2) is 7.11. The summed E-state index contributed by atoms with van der Waals surface area (Å²) in [4.78, 5) is 12.1. The van der Waals surface area contributed by atoms with Crippen molar-refractivity contribution in [3.8, 4) is 0 Å². The van der Waals surface area contributed by atoms with E-state index < -0.39 is 5.38 Å². The average Bonchev–Trinajstić information content (AvgIpc) is 2.53. The Morgan fingerprint density at radius 2 is 1.65 bits per heavy atom. The van der Waals surface area contributed by atoms with Gasteiger partial charge in [0.05, 0.1) is 0 Å². The quantitative estimate of drug-likeness (QED) is 0.832. The Labute approximate surface area is 124 Å². The van der Waals surface area contributed by atoms with Gasteiger partial charge in [0.2, 0.25) is 5.91 Å². The lowest BCUT2D eigenvalue weighted by Gasteiger charge is -2.12. The number of aryl methyl sites for hydroxylation is 1. The van der Waals surface area contributed by atoms with E-state index in [0.29, 0.717) is 6.54 Å². The van der Waals surface area contributed by atoms with E-state index in [1.165, 1.54) is 5.56 Å². The van der Waals surface area contributed by atoms with Gasteiger partial charge in [0, 0.05) is 6.54 Å². The summed E-state index contributed by atoms with van der Waals surface area (Å²) in [6.07, 6.45) is 0.953. The van der Waals surface area contributed by atoms with E-state index in [2.05, 4.69) is 18.3 Å². The van der Waals surface area contributed by atoms with Crippen LogP contribution in [0.15, 0.2) is 54.6 Å². The van der Waals surface area contributed by atoms with E-state index in [1.54, 1.807) is 0 Å². The first-order valence-corrected chi connectivity index (χ1v) is 7.19. The molecule has 0 aromatic heterocycles. The van der Waals surface area contributed by atoms with E-state index in [1.807, 2.05) is 48.5 Å². The molecule has 0 fully saturated rings. The van der Waals surface area contributed by atoms with Gasteiger partial charge >= 0.3 is 0 Å². The van der Waals surface area contributed by atoms with Crippen molar-refractivity contribution in [2.24, 2.45) is 0 Å². The van der Waals surface area contributed by atoms with Gasteiger partial charge < -0.3 is 5.32 Å². The molecule has 0 radical (unpaired) electrons. The number of carbonyl (C=O) groups excluding carboxylic acids is 1. The number of nitrogens with one attached hydrogen (secondary N) is 1. The van der Waals surface area contributed by atoms with Crippen molar-refractivity contribution < 1.29 is 4.79 Å². The third-order valence-corrected chi connectivity index (χ3v) is 3.72. The third kappa shape index (κ3) is 3.61. The molecule has 0 saturated carbocycles. The topological polar surface area (TPSA) is 29.1 Å². The Morgan fingerprint density at radius 3 is 2.30 bits per heavy atom. The average molecular weight is 288 g/mol. The Bertz CT molecular complexity index is 568. The van der Waals surface area contributed by atoms with Gasteiger partial charge in [-0.3, -0.25) is 4.79 Å². The van der Waals surface area contributed by atoms with Gasteiger partial charge in [-0.05, 0) is 23.1 Å². The molecule has 1 amide bonds. The van der Waals surface area contributed by atoms with Crippen LogP contribution in [0.25, 0.3) is 0 Å². The molecule has 1 atom stereocenters. The van der Waals surface area contributed by atoms with Crippen LogP contribution in [0.3, 0.4) is 0 Å². The summed E-state index contributed by atoms with van der Waals surface area (Å²) in [5.41, 5.74) is 3.20. The summed E-state index contributed by atoms with van der Waals surface area (Å²) in [5.74, 6) is -0.163. The maximum absolute atomic E-state index is 12.1. The van der Waals surface area contributed by atoms with Crippen molar-refractivity contribution in [2.45, 2.75) is 25.3 Å². The number of rotatable bonds is 5. The zero-order valence-corrected chi connectivity index (χ0v) is 12.2. The highest BCUT2D eigenvalue weighted by Crippen LogP contribution is 2.20. The monoisotopic (exact) mass is 287 g/mol. The predicted octanol–water partition coefficient (Wildman–Crippen LogP) is 3.85. The van der Waals surface area contributed by atoms with E-state index >= 15 is 0 Å². The van der Waals surface area contributed by atoms with Gasteiger partial charge in [0.25, 0.3) is 0 Å². The van der Waals surface area contributed by atoms with E-state index in [4.69, 9.17) is 11.6 Å². The van der Waals surface area contributed by atoms with Crippen molar-refractivity contribution in [3.05, 3.63) is 71.3 Å². The van der Waals surface area contributed by atoms with Gasteiger partial charge in [-0.1, -0.05) is 61.5 Å². The van der Waals surface area contributed by atoms with E-state index in [-0.39, 0.29) is 5.91 Å². The molecule has 0 aliphatic carbocycles. The molecule has 20 heavy (non-hydrogen) atoms. The molecule has 0 heterocycles. The Hall–Kier alpha value is -1.80.